The Labute approximate surface area is 163 Å². The first kappa shape index (κ1) is 18.3. The van der Waals surface area contributed by atoms with Crippen LogP contribution in [0.5, 0.6) is 0 Å². The molecule has 0 radical (unpaired) electrons. The zero-order valence-electron chi connectivity index (χ0n) is 15.6. The van der Waals surface area contributed by atoms with Crippen LogP contribution >= 0.6 is 11.6 Å². The molecule has 2 aliphatic rings. The van der Waals surface area contributed by atoms with E-state index >= 15 is 0 Å². The number of likely N-dealkylation sites (tertiary alicyclic amines) is 2. The highest BCUT2D eigenvalue weighted by Gasteiger charge is 2.52. The van der Waals surface area contributed by atoms with E-state index in [1.54, 1.807) is 0 Å². The summed E-state index contributed by atoms with van der Waals surface area (Å²) in [5.41, 5.74) is 0.780. The van der Waals surface area contributed by atoms with E-state index in [0.29, 0.717) is 36.6 Å². The molecule has 1 amide bonds. The van der Waals surface area contributed by atoms with E-state index in [0.717, 1.165) is 23.9 Å². The minimum atomic E-state index is -0.740. The predicted molar refractivity (Wildman–Crippen MR) is 104 cm³/mol. The highest BCUT2D eigenvalue weighted by molar-refractivity contribution is 6.31. The summed E-state index contributed by atoms with van der Waals surface area (Å²) in [6, 6.07) is 7.32. The molecule has 2 saturated heterocycles. The lowest BCUT2D eigenvalue weighted by Gasteiger charge is -2.51. The molecule has 0 bridgehead atoms. The van der Waals surface area contributed by atoms with Gasteiger partial charge in [-0.1, -0.05) is 17.7 Å². The van der Waals surface area contributed by atoms with Gasteiger partial charge in [-0.2, -0.15) is 0 Å². The van der Waals surface area contributed by atoms with E-state index in [9.17, 15) is 14.7 Å². The summed E-state index contributed by atoms with van der Waals surface area (Å²) in [5.74, 6) is -0.784. The molecular formula is C20H24ClN3O3. The summed E-state index contributed by atoms with van der Waals surface area (Å²) in [6.45, 7) is 1.79. The van der Waals surface area contributed by atoms with Crippen LogP contribution in [-0.2, 0) is 11.8 Å². The number of piperidine rings is 2. The largest absolute Gasteiger partial charge is 0.481 e. The van der Waals surface area contributed by atoms with Gasteiger partial charge in [-0.05, 0) is 51.1 Å². The number of likely N-dealkylation sites (N-methyl/N-ethyl adjacent to an activating group) is 1. The Hall–Kier alpha value is -2.05. The smallest absolute Gasteiger partial charge is 0.311 e. The number of carboxylic acids is 1. The number of hydrogen-bond acceptors (Lipinski definition) is 3. The monoisotopic (exact) mass is 389 g/mol. The van der Waals surface area contributed by atoms with Crippen LogP contribution in [0.3, 0.4) is 0 Å². The van der Waals surface area contributed by atoms with E-state index in [1.165, 1.54) is 0 Å². The van der Waals surface area contributed by atoms with Gasteiger partial charge in [0.2, 0.25) is 0 Å². The number of aliphatic carboxylic acids is 1. The van der Waals surface area contributed by atoms with Crippen LogP contribution in [0, 0.1) is 5.41 Å². The van der Waals surface area contributed by atoms with Crippen molar-refractivity contribution in [3.8, 4) is 0 Å². The van der Waals surface area contributed by atoms with Gasteiger partial charge in [0.25, 0.3) is 5.91 Å². The molecule has 2 atom stereocenters. The summed E-state index contributed by atoms with van der Waals surface area (Å²) in [4.78, 5) is 29.2. The molecule has 1 aromatic heterocycles. The van der Waals surface area contributed by atoms with E-state index in [1.807, 2.05) is 47.8 Å². The molecule has 7 heteroatoms. The number of fused-ring (bicyclic) bond motifs is 2. The third-order valence-electron chi connectivity index (χ3n) is 6.46. The lowest BCUT2D eigenvalue weighted by Crippen LogP contribution is -2.63. The van der Waals surface area contributed by atoms with E-state index in [2.05, 4.69) is 4.90 Å². The molecule has 2 fully saturated rings. The predicted octanol–water partition coefficient (Wildman–Crippen LogP) is 2.84. The lowest BCUT2D eigenvalue weighted by atomic mass is 9.68. The highest BCUT2D eigenvalue weighted by atomic mass is 35.5. The van der Waals surface area contributed by atoms with Gasteiger partial charge in [-0.25, -0.2) is 0 Å². The van der Waals surface area contributed by atoms with Gasteiger partial charge in [-0.3, -0.25) is 9.59 Å². The molecule has 4 rings (SSSR count). The number of aryl methyl sites for hydroxylation is 1. The number of amides is 1. The van der Waals surface area contributed by atoms with Crippen molar-refractivity contribution in [1.29, 1.82) is 0 Å². The minimum Gasteiger partial charge on any atom is -0.481 e. The Morgan fingerprint density at radius 3 is 2.70 bits per heavy atom. The normalized spacial score (nSPS) is 26.2. The standard InChI is InChI=1S/C20H24ClN3O3/c1-22-8-3-6-20(19(26)27)7-9-24(12-17(20)22)18(25)16-10-13-4-5-14(21)11-15(13)23(16)2/h4-5,10-11,17H,3,6-9,12H2,1-2H3,(H,26,27)/t17-,20+/m1/s1. The molecule has 0 spiro atoms. The summed E-state index contributed by atoms with van der Waals surface area (Å²) < 4.78 is 1.87. The summed E-state index contributed by atoms with van der Waals surface area (Å²) in [7, 11) is 3.83. The maximum atomic E-state index is 13.2. The molecule has 0 aliphatic carbocycles. The van der Waals surface area contributed by atoms with Crippen LogP contribution in [0.2, 0.25) is 5.02 Å². The zero-order chi connectivity index (χ0) is 19.3. The summed E-state index contributed by atoms with van der Waals surface area (Å²) in [5, 5.41) is 11.5. The van der Waals surface area contributed by atoms with Crippen molar-refractivity contribution < 1.29 is 14.7 Å². The number of halogens is 1. The van der Waals surface area contributed by atoms with Gasteiger partial charge in [0.15, 0.2) is 0 Å². The second-order valence-electron chi connectivity index (χ2n) is 7.85. The van der Waals surface area contributed by atoms with Crippen molar-refractivity contribution in [3.05, 3.63) is 35.0 Å². The van der Waals surface area contributed by atoms with Gasteiger partial charge < -0.3 is 19.5 Å². The fourth-order valence-electron chi connectivity index (χ4n) is 4.84. The molecule has 144 valence electrons. The van der Waals surface area contributed by atoms with Gasteiger partial charge in [-0.15, -0.1) is 0 Å². The van der Waals surface area contributed by atoms with Crippen molar-refractivity contribution in [2.24, 2.45) is 12.5 Å². The number of benzene rings is 1. The molecule has 2 aliphatic heterocycles. The Balaban J connectivity index is 1.64. The first-order valence-corrected chi connectivity index (χ1v) is 9.69. The first-order chi connectivity index (χ1) is 12.8. The second-order valence-corrected chi connectivity index (χ2v) is 8.29. The van der Waals surface area contributed by atoms with Gasteiger partial charge >= 0.3 is 5.97 Å². The van der Waals surface area contributed by atoms with Gasteiger partial charge in [0.1, 0.15) is 5.69 Å². The van der Waals surface area contributed by atoms with E-state index < -0.39 is 11.4 Å². The van der Waals surface area contributed by atoms with Crippen molar-refractivity contribution in [1.82, 2.24) is 14.4 Å². The Morgan fingerprint density at radius 1 is 1.19 bits per heavy atom. The number of nitrogens with zero attached hydrogens (tertiary/aromatic N) is 3. The number of aromatic nitrogens is 1. The zero-order valence-corrected chi connectivity index (χ0v) is 16.4. The number of rotatable bonds is 2. The number of carbonyl (C=O) groups excluding carboxylic acids is 1. The van der Waals surface area contributed by atoms with Crippen molar-refractivity contribution in [3.63, 3.8) is 0 Å². The third kappa shape index (κ3) is 2.82. The minimum absolute atomic E-state index is 0.0530. The number of hydrogen-bond donors (Lipinski definition) is 1. The summed E-state index contributed by atoms with van der Waals surface area (Å²) >= 11 is 6.10. The molecular weight excluding hydrogens is 366 g/mol. The highest BCUT2D eigenvalue weighted by Crippen LogP contribution is 2.42. The molecule has 1 N–H and O–H groups in total. The van der Waals surface area contributed by atoms with Crippen LogP contribution in [0.25, 0.3) is 10.9 Å². The SMILES string of the molecule is CN1CCC[C@]2(C(=O)O)CCN(C(=O)c3cc4ccc(Cl)cc4n3C)C[C@@H]12. The van der Waals surface area contributed by atoms with Crippen molar-refractivity contribution in [2.75, 3.05) is 26.7 Å². The number of carbonyl (C=O) groups is 2. The molecule has 1 aromatic carbocycles. The fraction of sp³-hybridized carbons (Fsp3) is 0.500. The quantitative estimate of drug-likeness (QED) is 0.857. The molecule has 2 aromatic rings. The first-order valence-electron chi connectivity index (χ1n) is 9.31. The van der Waals surface area contributed by atoms with Crippen LogP contribution in [0.15, 0.2) is 24.3 Å². The molecule has 6 nitrogen and oxygen atoms in total. The maximum absolute atomic E-state index is 13.2. The average molecular weight is 390 g/mol. The topological polar surface area (TPSA) is 65.8 Å². The Morgan fingerprint density at radius 2 is 1.96 bits per heavy atom. The molecule has 0 unspecified atom stereocenters. The van der Waals surface area contributed by atoms with Gasteiger partial charge in [0.05, 0.1) is 5.41 Å². The van der Waals surface area contributed by atoms with Crippen molar-refractivity contribution >= 4 is 34.4 Å². The van der Waals surface area contributed by atoms with Crippen LogP contribution in [0.4, 0.5) is 0 Å². The Kier molecular flexibility index (Phi) is 4.43. The van der Waals surface area contributed by atoms with Gasteiger partial charge in [0, 0.05) is 42.1 Å². The van der Waals surface area contributed by atoms with E-state index in [4.69, 9.17) is 11.6 Å². The Bertz CT molecular complexity index is 925. The maximum Gasteiger partial charge on any atom is 0.311 e. The van der Waals surface area contributed by atoms with Crippen LogP contribution in [-0.4, -0.2) is 64.1 Å². The second kappa shape index (κ2) is 6.53. The molecule has 0 saturated carbocycles. The molecule has 27 heavy (non-hydrogen) atoms. The van der Waals surface area contributed by atoms with E-state index in [-0.39, 0.29) is 11.9 Å². The lowest BCUT2D eigenvalue weighted by molar-refractivity contribution is -0.161. The van der Waals surface area contributed by atoms with Crippen molar-refractivity contribution in [2.45, 2.75) is 25.3 Å². The van der Waals surface area contributed by atoms with Crippen LogP contribution < -0.4 is 0 Å². The third-order valence-corrected chi connectivity index (χ3v) is 6.70. The fourth-order valence-corrected chi connectivity index (χ4v) is 5.01. The number of carboxylic acid groups (broad SMARTS) is 1. The van der Waals surface area contributed by atoms with Crippen LogP contribution in [0.1, 0.15) is 29.8 Å². The molecule has 3 heterocycles. The summed E-state index contributed by atoms with van der Waals surface area (Å²) in [6.07, 6.45) is 2.07. The average Bonchev–Trinajstić information content (AvgIpc) is 2.97.